The van der Waals surface area contributed by atoms with Crippen molar-refractivity contribution >= 4 is 40.5 Å². The van der Waals surface area contributed by atoms with Gasteiger partial charge in [-0.25, -0.2) is 14.0 Å². The first kappa shape index (κ1) is 18.7. The fourth-order valence-corrected chi connectivity index (χ4v) is 2.44. The average molecular weight is 410 g/mol. The first-order chi connectivity index (χ1) is 14.5. The second-order valence-electron chi connectivity index (χ2n) is 5.81. The second kappa shape index (κ2) is 7.75. The summed E-state index contributed by atoms with van der Waals surface area (Å²) in [6, 6.07) is 9.55. The Labute approximate surface area is 166 Å². The topological polar surface area (TPSA) is 164 Å². The maximum atomic E-state index is 13.1. The summed E-state index contributed by atoms with van der Waals surface area (Å²) in [4.78, 5) is 18.6. The number of hydrazone groups is 1. The molecule has 2 heterocycles. The van der Waals surface area contributed by atoms with Crippen LogP contribution in [0.1, 0.15) is 5.56 Å². The van der Waals surface area contributed by atoms with Crippen molar-refractivity contribution in [1.29, 1.82) is 0 Å². The molecule has 3 N–H and O–H groups in total. The van der Waals surface area contributed by atoms with Crippen molar-refractivity contribution in [3.8, 4) is 5.75 Å². The molecular formula is C17H11FN8O4. The number of nitro benzene ring substituents is 1. The zero-order chi connectivity index (χ0) is 21.1. The number of hydrogen-bond donors (Lipinski definition) is 3. The first-order valence-corrected chi connectivity index (χ1v) is 8.29. The number of nitro groups is 1. The molecule has 0 atom stereocenters. The van der Waals surface area contributed by atoms with Gasteiger partial charge in [-0.05, 0) is 40.6 Å². The zero-order valence-electron chi connectivity index (χ0n) is 14.9. The van der Waals surface area contributed by atoms with E-state index in [0.29, 0.717) is 5.69 Å². The van der Waals surface area contributed by atoms with Gasteiger partial charge in [0.2, 0.25) is 17.0 Å². The van der Waals surface area contributed by atoms with Gasteiger partial charge in [0.1, 0.15) is 5.82 Å². The number of fused-ring (bicyclic) bond motifs is 1. The highest BCUT2D eigenvalue weighted by atomic mass is 19.1. The Kier molecular flexibility index (Phi) is 4.82. The third kappa shape index (κ3) is 3.80. The van der Waals surface area contributed by atoms with Gasteiger partial charge in [-0.1, -0.05) is 6.07 Å². The Morgan fingerprint density at radius 2 is 1.80 bits per heavy atom. The van der Waals surface area contributed by atoms with Crippen molar-refractivity contribution in [3.63, 3.8) is 0 Å². The molecule has 30 heavy (non-hydrogen) atoms. The minimum atomic E-state index is -0.707. The van der Waals surface area contributed by atoms with Gasteiger partial charge >= 0.3 is 5.69 Å². The van der Waals surface area contributed by atoms with Crippen LogP contribution < -0.4 is 10.7 Å². The van der Waals surface area contributed by atoms with Crippen molar-refractivity contribution in [3.05, 3.63) is 64.0 Å². The van der Waals surface area contributed by atoms with E-state index in [0.717, 1.165) is 0 Å². The predicted molar refractivity (Wildman–Crippen MR) is 103 cm³/mol. The third-order valence-electron chi connectivity index (χ3n) is 3.84. The summed E-state index contributed by atoms with van der Waals surface area (Å²) in [5.74, 6) is -0.628. The SMILES string of the molecule is O=[N+]([O-])c1cccc(C=NNc2nc3nonc3nc2Nc2ccc(F)cc2)c1O. The van der Waals surface area contributed by atoms with Crippen LogP contribution in [0.2, 0.25) is 0 Å². The fourth-order valence-electron chi connectivity index (χ4n) is 2.44. The summed E-state index contributed by atoms with van der Waals surface area (Å²) in [7, 11) is 0. The van der Waals surface area contributed by atoms with E-state index in [4.69, 9.17) is 0 Å². The lowest BCUT2D eigenvalue weighted by molar-refractivity contribution is -0.385. The summed E-state index contributed by atoms with van der Waals surface area (Å²) in [6.07, 6.45) is 1.18. The number of para-hydroxylation sites is 1. The van der Waals surface area contributed by atoms with Crippen molar-refractivity contribution in [2.45, 2.75) is 0 Å². The summed E-state index contributed by atoms with van der Waals surface area (Å²) >= 11 is 0. The lowest BCUT2D eigenvalue weighted by Crippen LogP contribution is -2.03. The summed E-state index contributed by atoms with van der Waals surface area (Å²) < 4.78 is 17.7. The maximum Gasteiger partial charge on any atom is 0.311 e. The molecular weight excluding hydrogens is 399 g/mol. The summed E-state index contributed by atoms with van der Waals surface area (Å²) in [5, 5.41) is 35.0. The normalized spacial score (nSPS) is 11.1. The van der Waals surface area contributed by atoms with Crippen LogP contribution in [0.3, 0.4) is 0 Å². The van der Waals surface area contributed by atoms with E-state index < -0.39 is 22.2 Å². The highest BCUT2D eigenvalue weighted by Gasteiger charge is 2.16. The molecule has 0 aliphatic rings. The highest BCUT2D eigenvalue weighted by molar-refractivity contribution is 5.86. The van der Waals surface area contributed by atoms with Crippen LogP contribution in [0.25, 0.3) is 11.3 Å². The quantitative estimate of drug-likeness (QED) is 0.244. The second-order valence-corrected chi connectivity index (χ2v) is 5.81. The molecule has 0 radical (unpaired) electrons. The zero-order valence-corrected chi connectivity index (χ0v) is 14.9. The molecule has 2 aromatic heterocycles. The lowest BCUT2D eigenvalue weighted by atomic mass is 10.2. The molecule has 12 nitrogen and oxygen atoms in total. The molecule has 0 saturated carbocycles. The Morgan fingerprint density at radius 1 is 1.10 bits per heavy atom. The van der Waals surface area contributed by atoms with Crippen molar-refractivity contribution < 1.29 is 19.0 Å². The van der Waals surface area contributed by atoms with E-state index in [1.807, 2.05) is 0 Å². The van der Waals surface area contributed by atoms with Crippen molar-refractivity contribution in [2.75, 3.05) is 10.7 Å². The molecule has 4 rings (SSSR count). The fraction of sp³-hybridized carbons (Fsp3) is 0. The van der Waals surface area contributed by atoms with Crippen LogP contribution in [-0.4, -0.2) is 36.5 Å². The van der Waals surface area contributed by atoms with Crippen LogP contribution >= 0.6 is 0 Å². The number of nitrogens with one attached hydrogen (secondary N) is 2. The van der Waals surface area contributed by atoms with Gasteiger partial charge < -0.3 is 10.4 Å². The number of aromatic nitrogens is 4. The number of phenolic OH excluding ortho intramolecular Hbond substituents is 1. The smallest absolute Gasteiger partial charge is 0.311 e. The van der Waals surface area contributed by atoms with Crippen LogP contribution in [0.15, 0.2) is 52.2 Å². The molecule has 150 valence electrons. The van der Waals surface area contributed by atoms with Gasteiger partial charge in [0.25, 0.3) is 0 Å². The molecule has 0 amide bonds. The predicted octanol–water partition coefficient (Wildman–Crippen LogP) is 2.96. The molecule has 0 aliphatic heterocycles. The largest absolute Gasteiger partial charge is 0.502 e. The highest BCUT2D eigenvalue weighted by Crippen LogP contribution is 2.28. The van der Waals surface area contributed by atoms with Gasteiger partial charge in [0.15, 0.2) is 11.6 Å². The Morgan fingerprint density at radius 3 is 2.50 bits per heavy atom. The molecule has 4 aromatic rings. The summed E-state index contributed by atoms with van der Waals surface area (Å²) in [6.45, 7) is 0. The van der Waals surface area contributed by atoms with Crippen LogP contribution in [0.4, 0.5) is 27.4 Å². The van der Waals surface area contributed by atoms with Gasteiger partial charge in [-0.2, -0.15) is 10.1 Å². The number of aromatic hydroxyl groups is 1. The monoisotopic (exact) mass is 410 g/mol. The Bertz CT molecular complexity index is 1260. The van der Waals surface area contributed by atoms with Gasteiger partial charge in [-0.15, -0.1) is 0 Å². The van der Waals surface area contributed by atoms with Crippen LogP contribution in [0.5, 0.6) is 5.75 Å². The number of anilines is 3. The van der Waals surface area contributed by atoms with Crippen molar-refractivity contribution in [2.24, 2.45) is 5.10 Å². The Balaban J connectivity index is 1.63. The van der Waals surface area contributed by atoms with E-state index in [1.54, 1.807) is 0 Å². The van der Waals surface area contributed by atoms with Gasteiger partial charge in [-0.3, -0.25) is 15.5 Å². The molecule has 0 aliphatic carbocycles. The number of hydrogen-bond acceptors (Lipinski definition) is 11. The molecule has 0 fully saturated rings. The number of rotatable bonds is 6. The number of phenols is 1. The minimum Gasteiger partial charge on any atom is -0.502 e. The van der Waals surface area contributed by atoms with Gasteiger partial charge in [0.05, 0.1) is 11.1 Å². The molecule has 0 unspecified atom stereocenters. The Hall–Kier alpha value is -4.68. The lowest BCUT2D eigenvalue weighted by Gasteiger charge is -2.09. The number of nitrogens with zero attached hydrogens (tertiary/aromatic N) is 6. The molecule has 0 saturated heterocycles. The standard InChI is InChI=1S/C17H11FN8O4/c18-10-4-6-11(7-5-10)20-14-15(22-17-16(21-14)24-30-25-17)23-19-8-9-2-1-3-12(13(9)27)26(28)29/h1-8,27H,(H,20,21,24)(H,22,23,25). The summed E-state index contributed by atoms with van der Waals surface area (Å²) in [5.41, 5.74) is 3.04. The number of benzene rings is 2. The van der Waals surface area contributed by atoms with Gasteiger partial charge in [0, 0.05) is 17.3 Å². The minimum absolute atomic E-state index is 0.107. The van der Waals surface area contributed by atoms with Crippen molar-refractivity contribution in [1.82, 2.24) is 20.3 Å². The van der Waals surface area contributed by atoms with E-state index in [1.165, 1.54) is 48.7 Å². The van der Waals surface area contributed by atoms with Crippen LogP contribution in [-0.2, 0) is 0 Å². The van der Waals surface area contributed by atoms with E-state index in [2.05, 4.69) is 40.8 Å². The third-order valence-corrected chi connectivity index (χ3v) is 3.84. The number of halogens is 1. The molecule has 2 aromatic carbocycles. The van der Waals surface area contributed by atoms with E-state index in [-0.39, 0.29) is 28.5 Å². The molecule has 0 spiro atoms. The first-order valence-electron chi connectivity index (χ1n) is 8.29. The molecule has 0 bridgehead atoms. The average Bonchev–Trinajstić information content (AvgIpc) is 3.18. The van der Waals surface area contributed by atoms with E-state index in [9.17, 15) is 19.6 Å². The van der Waals surface area contributed by atoms with E-state index >= 15 is 0 Å². The molecule has 13 heteroatoms. The maximum absolute atomic E-state index is 13.1. The van der Waals surface area contributed by atoms with Crippen LogP contribution in [0, 0.1) is 15.9 Å².